The number of urea groups is 5. The van der Waals surface area contributed by atoms with Crippen LogP contribution in [-0.4, -0.2) is 129 Å². The minimum absolute atomic E-state index is 0.00709. The molecule has 10 aromatic heterocycles. The van der Waals surface area contributed by atoms with Crippen molar-refractivity contribution < 1.29 is 98.7 Å². The van der Waals surface area contributed by atoms with Gasteiger partial charge in [-0.2, -0.15) is 0 Å². The predicted octanol–water partition coefficient (Wildman–Crippen LogP) is 20.1. The normalized spacial score (nSPS) is 10.6. The average molecular weight is 1910 g/mol. The first-order valence-corrected chi connectivity index (χ1v) is 43.1. The number of methoxy groups -OCH3 is 5. The maximum Gasteiger partial charge on any atom is 0.347 e. The number of ketones is 3. The molecule has 133 heavy (non-hydrogen) atoms. The standard InChI is InChI=1S/2C19H18N2O6S.C18H15FN2O5S.2C18H16N2O4S/c1-10(22)12-8-16-15(27-18(12)23)9-17(28-16)21(2)19(24)20-13-7-11(25-3)5-6-14(13)26-4;1-10(22)12-8-16-15(27-18(12)23)9-17(28-16)21(2)19(24)20-13-6-5-11(25-3)7-14(13)26-4;1-9(22)11-7-15-14(26-17(11)23)8-16(27-15)21(2)18(24)20-12-5-4-10(19)6-13(12)25-3;1-10-4-6-12(7-5-10)19-18(23)20(3)16-9-14-15(25-16)8-13(11(2)21)17(22)24-14;1-10-5-4-6-12(7-10)19-18(23)20(3)16-9-14-15(25-16)8-13(11(2)21)17(22)24-14/h2*5-9H,1-4H3,(H,20,24);4-8,22H,1H2,2-3H3,(H,20,24);4-9H,1-3H3,(H,19,23);4-9,21H,2H2,1,3H3,(H,19,23). The second kappa shape index (κ2) is 42.5. The summed E-state index contributed by atoms with van der Waals surface area (Å²) in [7, 11) is 15.4. The highest BCUT2D eigenvalue weighted by Crippen LogP contribution is 2.40. The molecule has 10 heterocycles. The fourth-order valence-corrected chi connectivity index (χ4v) is 16.9. The van der Waals surface area contributed by atoms with E-state index in [-0.39, 0.29) is 74.3 Å². The lowest BCUT2D eigenvalue weighted by atomic mass is 10.2. The number of aliphatic hydroxyl groups is 2. The highest BCUT2D eigenvalue weighted by molar-refractivity contribution is 7.24. The summed E-state index contributed by atoms with van der Waals surface area (Å²) in [6, 6.07) is 42.2. The molecule has 0 unspecified atom stereocenters. The summed E-state index contributed by atoms with van der Waals surface area (Å²) in [4.78, 5) is 163. The summed E-state index contributed by atoms with van der Waals surface area (Å²) in [5, 5.41) is 35.4. The highest BCUT2D eigenvalue weighted by atomic mass is 32.1. The van der Waals surface area contributed by atoms with Crippen molar-refractivity contribution >= 4 is 221 Å². The van der Waals surface area contributed by atoms with Crippen LogP contribution in [-0.2, 0) is 0 Å². The molecule has 10 amide bonds. The lowest BCUT2D eigenvalue weighted by Crippen LogP contribution is -2.30. The Hall–Kier alpha value is -16.0. The number of aliphatic hydroxyl groups excluding tert-OH is 2. The van der Waals surface area contributed by atoms with Crippen molar-refractivity contribution in [3.8, 4) is 28.7 Å². The zero-order chi connectivity index (χ0) is 96.8. The quantitative estimate of drug-likeness (QED) is 0.0275. The van der Waals surface area contributed by atoms with Gasteiger partial charge in [-0.3, -0.25) is 38.9 Å². The van der Waals surface area contributed by atoms with Gasteiger partial charge >= 0.3 is 58.3 Å². The Labute approximate surface area is 773 Å². The Morgan fingerprint density at radius 3 is 0.977 bits per heavy atom. The van der Waals surface area contributed by atoms with Crippen LogP contribution in [0.25, 0.3) is 62.9 Å². The number of carbonyl (C=O) groups excluding carboxylic acids is 8. The Morgan fingerprint density at radius 2 is 0.639 bits per heavy atom. The van der Waals surface area contributed by atoms with Crippen LogP contribution in [0.3, 0.4) is 0 Å². The summed E-state index contributed by atoms with van der Waals surface area (Å²) in [5.41, 5.74) is 2.87. The van der Waals surface area contributed by atoms with Crippen molar-refractivity contribution in [2.75, 3.05) is 122 Å². The Balaban J connectivity index is 0.000000160. The smallest absolute Gasteiger partial charge is 0.347 e. The number of halogens is 1. The first kappa shape index (κ1) is 97.6. The second-order valence-corrected chi connectivity index (χ2v) is 33.8. The van der Waals surface area contributed by atoms with E-state index in [2.05, 4.69) is 39.7 Å². The number of nitrogens with zero attached hydrogens (tertiary/aromatic N) is 5. The summed E-state index contributed by atoms with van der Waals surface area (Å²) in [6.07, 6.45) is 0. The van der Waals surface area contributed by atoms with Gasteiger partial charge in [-0.25, -0.2) is 52.3 Å². The van der Waals surface area contributed by atoms with Crippen molar-refractivity contribution in [3.05, 3.63) is 274 Å². The molecule has 0 radical (unpaired) electrons. The fraction of sp³-hybridized carbons (Fsp3) is 0.163. The lowest BCUT2D eigenvalue weighted by Gasteiger charge is -2.17. The third-order valence-electron chi connectivity index (χ3n) is 19.3. The van der Waals surface area contributed by atoms with Crippen molar-refractivity contribution in [3.63, 3.8) is 0 Å². The van der Waals surface area contributed by atoms with E-state index in [0.717, 1.165) is 17.2 Å². The predicted molar refractivity (Wildman–Crippen MR) is 517 cm³/mol. The number of benzene rings is 5. The van der Waals surface area contributed by atoms with Gasteiger partial charge in [-0.05, 0) is 131 Å². The van der Waals surface area contributed by atoms with E-state index in [1.165, 1.54) is 193 Å². The van der Waals surface area contributed by atoms with Gasteiger partial charge in [0.2, 0.25) is 0 Å². The van der Waals surface area contributed by atoms with Crippen LogP contribution in [0.1, 0.15) is 74.1 Å². The molecule has 0 saturated carbocycles. The molecule has 0 aliphatic carbocycles. The van der Waals surface area contributed by atoms with Crippen LogP contribution in [0.2, 0.25) is 0 Å². The SMILES string of the molecule is C=C(O)c1cc2sc(N(C)C(=O)Nc3ccc(F)cc3OC)cc2oc1=O.C=C(O)c1cc2sc(N(C)C(=O)Nc3cccc(C)c3)cc2oc1=O.CC(=O)c1cc2sc(N(C)C(=O)Nc3ccc(C)cc3)cc2oc1=O.COc1ccc(NC(=O)N(C)c2cc3oc(=O)c(C(C)=O)cc3s2)c(OC)c1.COc1ccc(OC)c(NC(=O)N(C)c2cc3oc(=O)c(C(C)=O)cc3s2)c1. The number of rotatable bonds is 20. The Morgan fingerprint density at radius 1 is 0.331 bits per heavy atom. The molecule has 0 atom stereocenters. The second-order valence-electron chi connectivity index (χ2n) is 28.5. The van der Waals surface area contributed by atoms with E-state index in [4.69, 9.17) is 45.8 Å². The van der Waals surface area contributed by atoms with Gasteiger partial charge in [0.25, 0.3) is 0 Å². The molecule has 0 bridgehead atoms. The molecule has 41 heteroatoms. The number of fused-ring (bicyclic) bond motifs is 5. The minimum Gasteiger partial charge on any atom is -0.508 e. The number of carbonyl (C=O) groups is 8. The van der Waals surface area contributed by atoms with Crippen LogP contribution >= 0.6 is 56.7 Å². The lowest BCUT2D eigenvalue weighted by molar-refractivity contribution is 0.100. The third-order valence-corrected chi connectivity index (χ3v) is 25.0. The van der Waals surface area contributed by atoms with Crippen LogP contribution in [0, 0.1) is 19.7 Å². The average Bonchev–Trinajstić information content (AvgIpc) is 1.68. The van der Waals surface area contributed by atoms with Crippen LogP contribution < -0.4 is 103 Å². The van der Waals surface area contributed by atoms with Gasteiger partial charge in [-0.15, -0.1) is 56.7 Å². The van der Waals surface area contributed by atoms with Crippen molar-refractivity contribution in [1.82, 2.24) is 0 Å². The molecule has 0 aliphatic heterocycles. The number of hydrogen-bond donors (Lipinski definition) is 7. The number of thiophene rings is 5. The third kappa shape index (κ3) is 23.6. The van der Waals surface area contributed by atoms with E-state index in [1.54, 1.807) is 88.9 Å². The van der Waals surface area contributed by atoms with Crippen molar-refractivity contribution in [1.29, 1.82) is 0 Å². The summed E-state index contributed by atoms with van der Waals surface area (Å²) >= 11 is 6.18. The van der Waals surface area contributed by atoms with Crippen molar-refractivity contribution in [2.45, 2.75) is 34.6 Å². The molecule has 35 nitrogen and oxygen atoms in total. The molecule has 0 saturated heterocycles. The zero-order valence-corrected chi connectivity index (χ0v) is 77.5. The Bertz CT molecular complexity index is 7400. The topological polar surface area (TPSA) is 451 Å². The van der Waals surface area contributed by atoms with Gasteiger partial charge in [0.1, 0.15) is 98.9 Å². The van der Waals surface area contributed by atoms with E-state index >= 15 is 0 Å². The first-order chi connectivity index (χ1) is 63.2. The molecule has 15 rings (SSSR count). The number of Topliss-reactive ketones (excluding diaryl/α,β-unsaturated/α-hetero) is 3. The number of nitrogens with one attached hydrogen (secondary N) is 5. The Kier molecular flexibility index (Phi) is 31.2. The van der Waals surface area contributed by atoms with E-state index in [0.29, 0.717) is 122 Å². The van der Waals surface area contributed by atoms with Crippen LogP contribution in [0.15, 0.2) is 223 Å². The molecule has 688 valence electrons. The maximum atomic E-state index is 13.3. The molecule has 0 aliphatic rings. The van der Waals surface area contributed by atoms with E-state index < -0.39 is 57.8 Å². The first-order valence-electron chi connectivity index (χ1n) is 39.0. The van der Waals surface area contributed by atoms with Gasteiger partial charge in [0, 0.05) is 95.1 Å². The summed E-state index contributed by atoms with van der Waals surface area (Å²) < 4.78 is 68.1. The molecular weight excluding hydrogens is 1820 g/mol. The van der Waals surface area contributed by atoms with Gasteiger partial charge in [0.15, 0.2) is 45.3 Å². The monoisotopic (exact) mass is 1910 g/mol. The number of ether oxygens (including phenoxy) is 5. The van der Waals surface area contributed by atoms with Gasteiger partial charge in [0.05, 0.1) is 76.1 Å². The molecule has 5 aromatic carbocycles. The molecule has 0 spiro atoms. The summed E-state index contributed by atoms with van der Waals surface area (Å²) in [6.45, 7) is 14.5. The molecule has 7 N–H and O–H groups in total. The van der Waals surface area contributed by atoms with E-state index in [1.807, 2.05) is 62.4 Å². The minimum atomic E-state index is -0.720. The van der Waals surface area contributed by atoms with E-state index in [9.17, 15) is 76.9 Å². The van der Waals surface area contributed by atoms with Crippen molar-refractivity contribution in [2.24, 2.45) is 0 Å². The van der Waals surface area contributed by atoms with Gasteiger partial charge in [-0.1, -0.05) is 43.0 Å². The van der Waals surface area contributed by atoms with Crippen LogP contribution in [0.5, 0.6) is 28.7 Å². The largest absolute Gasteiger partial charge is 0.508 e. The van der Waals surface area contributed by atoms with Gasteiger partial charge < -0.3 is 82.6 Å². The zero-order valence-electron chi connectivity index (χ0n) is 73.4. The fourth-order valence-electron chi connectivity index (χ4n) is 11.9. The number of aryl methyl sites for hydroxylation is 2. The number of anilines is 10. The molecule has 15 aromatic rings. The summed E-state index contributed by atoms with van der Waals surface area (Å²) in [5.74, 6) is -0.0367. The highest BCUT2D eigenvalue weighted by Gasteiger charge is 2.26. The molecule has 0 fully saturated rings. The molecular formula is C92H83FN10O25S5. The maximum absolute atomic E-state index is 13.3. The number of hydrogen-bond acceptors (Lipinski definition) is 30. The number of amides is 10. The van der Waals surface area contributed by atoms with Crippen LogP contribution in [0.4, 0.5) is 81.8 Å².